The van der Waals surface area contributed by atoms with Crippen LogP contribution in [0.1, 0.15) is 323 Å². The molecule has 1 amide bonds. The van der Waals surface area contributed by atoms with E-state index in [1.807, 2.05) is 33.3 Å². The standard InChI is InChI=1S/C68H129N2O7P/c1-7-10-13-16-19-22-25-28-30-31-32-33-34-35-36-37-38-39-40-43-46-49-52-55-58-61-68(72)77-66(59-56-53-50-47-44-41-27-24-21-18-15-12-9-3)65(64-76-78(73,74)75-63-62-70(4,5)6)69-67(71)60-57-54-51-48-45-42-29-26-23-20-17-14-11-8-2/h19,22,28,30,32-33,56,59,65-66H,7-18,20-21,23-27,29,31,34-55,57-58,60-64H2,1-6H3,(H-,69,71,73,74)/p+1/b22-19-,30-28-,33-32-,59-56-. The maximum Gasteiger partial charge on any atom is 0.472 e. The molecule has 0 aliphatic carbocycles. The Bertz CT molecular complexity index is 1470. The molecule has 0 radical (unpaired) electrons. The smallest absolute Gasteiger partial charge is 0.456 e. The van der Waals surface area contributed by atoms with Crippen molar-refractivity contribution in [3.8, 4) is 0 Å². The maximum atomic E-state index is 13.6. The average molecular weight is 1120 g/mol. The van der Waals surface area contributed by atoms with Gasteiger partial charge in [0.15, 0.2) is 0 Å². The second kappa shape index (κ2) is 58.2. The zero-order valence-electron chi connectivity index (χ0n) is 52.4. The molecule has 0 aliphatic heterocycles. The lowest BCUT2D eigenvalue weighted by Crippen LogP contribution is -2.47. The summed E-state index contributed by atoms with van der Waals surface area (Å²) >= 11 is 0. The Balaban J connectivity index is 5.10. The number of hydrogen-bond donors (Lipinski definition) is 2. The van der Waals surface area contributed by atoms with Gasteiger partial charge >= 0.3 is 13.8 Å². The Morgan fingerprint density at radius 3 is 1.19 bits per heavy atom. The molecular formula is C68H130N2O7P+. The molecule has 0 bridgehead atoms. The van der Waals surface area contributed by atoms with Crippen LogP contribution in [0.25, 0.3) is 0 Å². The van der Waals surface area contributed by atoms with Crippen molar-refractivity contribution in [3.05, 3.63) is 48.6 Å². The number of carbonyl (C=O) groups is 2. The molecule has 0 aromatic rings. The van der Waals surface area contributed by atoms with E-state index < -0.39 is 20.0 Å². The fourth-order valence-corrected chi connectivity index (χ4v) is 10.6. The number of carbonyl (C=O) groups excluding carboxylic acids is 2. The molecule has 0 rings (SSSR count). The molecule has 458 valence electrons. The van der Waals surface area contributed by atoms with E-state index in [9.17, 15) is 19.0 Å². The van der Waals surface area contributed by atoms with Crippen LogP contribution in [0.2, 0.25) is 0 Å². The number of likely N-dealkylation sites (N-methyl/N-ethyl adjacent to an activating group) is 1. The zero-order chi connectivity index (χ0) is 57.2. The summed E-state index contributed by atoms with van der Waals surface area (Å²) < 4.78 is 30.8. The van der Waals surface area contributed by atoms with Crippen LogP contribution < -0.4 is 5.32 Å². The first-order valence-electron chi connectivity index (χ1n) is 33.5. The molecular weight excluding hydrogens is 988 g/mol. The van der Waals surface area contributed by atoms with Crippen LogP contribution in [0.15, 0.2) is 48.6 Å². The summed E-state index contributed by atoms with van der Waals surface area (Å²) in [4.78, 5) is 37.8. The van der Waals surface area contributed by atoms with Gasteiger partial charge < -0.3 is 19.4 Å². The molecule has 9 nitrogen and oxygen atoms in total. The molecule has 3 atom stereocenters. The fourth-order valence-electron chi connectivity index (χ4n) is 9.83. The van der Waals surface area contributed by atoms with E-state index in [-0.39, 0.29) is 25.1 Å². The van der Waals surface area contributed by atoms with E-state index in [1.165, 1.54) is 218 Å². The number of quaternary nitrogens is 1. The molecule has 0 aliphatic rings. The molecule has 0 aromatic carbocycles. The largest absolute Gasteiger partial charge is 0.472 e. The fraction of sp³-hybridized carbons (Fsp3) is 0.853. The van der Waals surface area contributed by atoms with Crippen molar-refractivity contribution in [2.75, 3.05) is 40.9 Å². The number of allylic oxidation sites excluding steroid dienone is 7. The maximum absolute atomic E-state index is 13.6. The van der Waals surface area contributed by atoms with Gasteiger partial charge in [-0.1, -0.05) is 288 Å². The van der Waals surface area contributed by atoms with E-state index in [2.05, 4.69) is 62.5 Å². The highest BCUT2D eigenvalue weighted by Gasteiger charge is 2.30. The molecule has 0 heterocycles. The van der Waals surface area contributed by atoms with Gasteiger partial charge in [0.2, 0.25) is 5.91 Å². The number of amides is 1. The second-order valence-corrected chi connectivity index (χ2v) is 25.5. The molecule has 2 N–H and O–H groups in total. The molecule has 0 spiro atoms. The number of ether oxygens (including phenoxy) is 1. The minimum Gasteiger partial charge on any atom is -0.456 e. The molecule has 0 saturated carbocycles. The van der Waals surface area contributed by atoms with Crippen molar-refractivity contribution >= 4 is 19.7 Å². The third-order valence-corrected chi connectivity index (χ3v) is 16.0. The number of nitrogens with zero attached hydrogens (tertiary/aromatic N) is 1. The predicted molar refractivity (Wildman–Crippen MR) is 337 cm³/mol. The third kappa shape index (κ3) is 58.6. The number of hydrogen-bond acceptors (Lipinski definition) is 6. The highest BCUT2D eigenvalue weighted by Crippen LogP contribution is 2.43. The quantitative estimate of drug-likeness (QED) is 0.0205. The van der Waals surface area contributed by atoms with E-state index in [1.54, 1.807) is 0 Å². The van der Waals surface area contributed by atoms with Gasteiger partial charge in [-0.25, -0.2) is 4.57 Å². The molecule has 78 heavy (non-hydrogen) atoms. The normalized spacial score (nSPS) is 13.9. The average Bonchev–Trinajstić information content (AvgIpc) is 3.40. The Kier molecular flexibility index (Phi) is 56.7. The first kappa shape index (κ1) is 76.0. The van der Waals surface area contributed by atoms with Gasteiger partial charge in [-0.05, 0) is 70.3 Å². The first-order chi connectivity index (χ1) is 37.9. The van der Waals surface area contributed by atoms with Crippen LogP contribution in [0, 0.1) is 0 Å². The van der Waals surface area contributed by atoms with Crippen molar-refractivity contribution in [2.45, 2.75) is 335 Å². The summed E-state index contributed by atoms with van der Waals surface area (Å²) in [6.45, 7) is 7.02. The lowest BCUT2D eigenvalue weighted by Gasteiger charge is -2.27. The molecule has 10 heteroatoms. The van der Waals surface area contributed by atoms with Gasteiger partial charge in [0.05, 0.1) is 33.8 Å². The molecule has 3 unspecified atom stereocenters. The Morgan fingerprint density at radius 2 is 0.782 bits per heavy atom. The minimum atomic E-state index is -4.45. The van der Waals surface area contributed by atoms with Gasteiger partial charge in [-0.15, -0.1) is 0 Å². The molecule has 0 saturated heterocycles. The second-order valence-electron chi connectivity index (χ2n) is 24.0. The zero-order valence-corrected chi connectivity index (χ0v) is 53.3. The highest BCUT2D eigenvalue weighted by molar-refractivity contribution is 7.47. The van der Waals surface area contributed by atoms with Gasteiger partial charge in [-0.2, -0.15) is 0 Å². The minimum absolute atomic E-state index is 0.0419. The number of phosphoric acid groups is 1. The van der Waals surface area contributed by atoms with Crippen LogP contribution in [0.5, 0.6) is 0 Å². The summed E-state index contributed by atoms with van der Waals surface area (Å²) in [5, 5.41) is 3.07. The van der Waals surface area contributed by atoms with Gasteiger partial charge in [-0.3, -0.25) is 18.6 Å². The van der Waals surface area contributed by atoms with Crippen LogP contribution in [-0.2, 0) is 27.9 Å². The highest BCUT2D eigenvalue weighted by atomic mass is 31.2. The summed E-state index contributed by atoms with van der Waals surface area (Å²) in [6.07, 6.45) is 72.5. The summed E-state index contributed by atoms with van der Waals surface area (Å²) in [5.41, 5.74) is 0. The number of nitrogens with one attached hydrogen (secondary N) is 1. The molecule has 0 fully saturated rings. The van der Waals surface area contributed by atoms with Crippen molar-refractivity contribution < 1.29 is 37.3 Å². The van der Waals surface area contributed by atoms with Crippen molar-refractivity contribution in [1.82, 2.24) is 5.32 Å². The lowest BCUT2D eigenvalue weighted by atomic mass is 10.0. The van der Waals surface area contributed by atoms with Crippen LogP contribution in [0.4, 0.5) is 0 Å². The van der Waals surface area contributed by atoms with Crippen LogP contribution in [-0.4, -0.2) is 74.3 Å². The van der Waals surface area contributed by atoms with E-state index >= 15 is 0 Å². The number of unbranched alkanes of at least 4 members (excludes halogenated alkanes) is 39. The Morgan fingerprint density at radius 1 is 0.449 bits per heavy atom. The topological polar surface area (TPSA) is 111 Å². The first-order valence-corrected chi connectivity index (χ1v) is 35.0. The van der Waals surface area contributed by atoms with Crippen molar-refractivity contribution in [3.63, 3.8) is 0 Å². The van der Waals surface area contributed by atoms with Crippen LogP contribution >= 0.6 is 7.82 Å². The SMILES string of the molecule is CCCCC/C=C\C/C=C\C/C=C\CCCCCCCCCCCCCCC(=O)OC(/C=C\CCCCCCCCCCCCC)C(COP(=O)(O)OCC[N+](C)(C)C)NC(=O)CCCCCCCCCCCCCCCC. The van der Waals surface area contributed by atoms with Crippen molar-refractivity contribution in [2.24, 2.45) is 0 Å². The molecule has 0 aromatic heterocycles. The number of esters is 1. The van der Waals surface area contributed by atoms with E-state index in [0.29, 0.717) is 23.9 Å². The lowest BCUT2D eigenvalue weighted by molar-refractivity contribution is -0.870. The van der Waals surface area contributed by atoms with Gasteiger partial charge in [0.1, 0.15) is 19.3 Å². The van der Waals surface area contributed by atoms with Crippen molar-refractivity contribution in [1.29, 1.82) is 0 Å². The Labute approximate surface area is 484 Å². The number of rotatable bonds is 61. The van der Waals surface area contributed by atoms with Crippen LogP contribution in [0.3, 0.4) is 0 Å². The number of phosphoric ester groups is 1. The Hall–Kier alpha value is -2.03. The van der Waals surface area contributed by atoms with E-state index in [4.69, 9.17) is 13.8 Å². The van der Waals surface area contributed by atoms with Gasteiger partial charge in [0, 0.05) is 12.8 Å². The summed E-state index contributed by atoms with van der Waals surface area (Å²) in [5.74, 6) is -0.493. The summed E-state index contributed by atoms with van der Waals surface area (Å²) in [6, 6.07) is -0.846. The van der Waals surface area contributed by atoms with E-state index in [0.717, 1.165) is 70.6 Å². The summed E-state index contributed by atoms with van der Waals surface area (Å²) in [7, 11) is 1.51. The van der Waals surface area contributed by atoms with Gasteiger partial charge in [0.25, 0.3) is 0 Å². The third-order valence-electron chi connectivity index (χ3n) is 15.0. The monoisotopic (exact) mass is 1120 g/mol. The predicted octanol–water partition coefficient (Wildman–Crippen LogP) is 20.8.